The van der Waals surface area contributed by atoms with Crippen molar-refractivity contribution in [3.05, 3.63) is 53.2 Å². The standard InChI is InChI=1S/C30H41ClN8O5S2/c1-21-18-25(28(44-3)19-27(21)38-12-10-22(11-13-38)37-16-14-36(2)15-17-37)33-30-32-20-23(31)29(34-30)39(46(5,42)43)26-9-7-6-8-24(26)35-45(4,40)41/h6-9,18-20,22,35H,10-17H2,1-5H3,(H,32,33,34). The van der Waals surface area contributed by atoms with Crippen molar-refractivity contribution in [1.29, 1.82) is 0 Å². The molecule has 2 fully saturated rings. The van der Waals surface area contributed by atoms with E-state index in [1.54, 1.807) is 19.2 Å². The lowest BCUT2D eigenvalue weighted by atomic mass is 10.0. The summed E-state index contributed by atoms with van der Waals surface area (Å²) in [6.07, 6.45) is 5.45. The minimum absolute atomic E-state index is 0.0242. The molecule has 46 heavy (non-hydrogen) atoms. The highest BCUT2D eigenvalue weighted by Crippen LogP contribution is 2.39. The van der Waals surface area contributed by atoms with Crippen molar-refractivity contribution in [1.82, 2.24) is 19.8 Å². The summed E-state index contributed by atoms with van der Waals surface area (Å²) in [6, 6.07) is 10.6. The minimum Gasteiger partial charge on any atom is -0.494 e. The lowest BCUT2D eigenvalue weighted by molar-refractivity contribution is 0.0982. The number of nitrogens with zero attached hydrogens (tertiary/aromatic N) is 6. The van der Waals surface area contributed by atoms with Crippen molar-refractivity contribution in [2.45, 2.75) is 25.8 Å². The topological polar surface area (TPSA) is 140 Å². The van der Waals surface area contributed by atoms with Gasteiger partial charge in [0.2, 0.25) is 26.0 Å². The van der Waals surface area contributed by atoms with Gasteiger partial charge in [-0.1, -0.05) is 23.7 Å². The molecule has 0 aliphatic carbocycles. The van der Waals surface area contributed by atoms with Crippen LogP contribution in [-0.2, 0) is 20.0 Å². The minimum atomic E-state index is -4.05. The molecular weight excluding hydrogens is 652 g/mol. The van der Waals surface area contributed by atoms with Crippen LogP contribution in [0.2, 0.25) is 5.02 Å². The predicted molar refractivity (Wildman–Crippen MR) is 184 cm³/mol. The molecule has 1 aromatic heterocycles. The zero-order chi connectivity index (χ0) is 33.2. The summed E-state index contributed by atoms with van der Waals surface area (Å²) in [4.78, 5) is 16.2. The summed E-state index contributed by atoms with van der Waals surface area (Å²) in [5.74, 6) is 0.490. The molecule has 0 amide bonds. The number of rotatable bonds is 10. The van der Waals surface area contributed by atoms with Crippen molar-refractivity contribution in [3.63, 3.8) is 0 Å². The molecular formula is C30H41ClN8O5S2. The van der Waals surface area contributed by atoms with E-state index in [0.717, 1.165) is 80.2 Å². The summed E-state index contributed by atoms with van der Waals surface area (Å²) in [5, 5.41) is 3.11. The number of piperazine rings is 1. The quantitative estimate of drug-likeness (QED) is 0.320. The first-order valence-corrected chi connectivity index (χ1v) is 19.1. The van der Waals surface area contributed by atoms with Gasteiger partial charge in [-0.05, 0) is 50.6 Å². The van der Waals surface area contributed by atoms with E-state index in [9.17, 15) is 16.8 Å². The SMILES string of the molecule is COc1cc(N2CCC(N3CCN(C)CC3)CC2)c(C)cc1Nc1ncc(Cl)c(N(c2ccccc2NS(C)(=O)=O)S(C)(=O)=O)n1. The zero-order valence-electron chi connectivity index (χ0n) is 26.7. The summed E-state index contributed by atoms with van der Waals surface area (Å²) in [5.41, 5.74) is 2.79. The maximum Gasteiger partial charge on any atom is 0.237 e. The normalized spacial score (nSPS) is 17.1. The second-order valence-electron chi connectivity index (χ2n) is 11.8. The third kappa shape index (κ3) is 7.94. The first-order chi connectivity index (χ1) is 21.7. The van der Waals surface area contributed by atoms with Crippen LogP contribution in [0.3, 0.4) is 0 Å². The Labute approximate surface area is 276 Å². The van der Waals surface area contributed by atoms with Crippen molar-refractivity contribution in [2.24, 2.45) is 0 Å². The fourth-order valence-electron chi connectivity index (χ4n) is 6.01. The Kier molecular flexibility index (Phi) is 10.2. The Balaban J connectivity index is 1.40. The number of hydrogen-bond donors (Lipinski definition) is 2. The lowest BCUT2D eigenvalue weighted by Gasteiger charge is -2.43. The largest absolute Gasteiger partial charge is 0.494 e. The van der Waals surface area contributed by atoms with Gasteiger partial charge in [0, 0.05) is 57.1 Å². The van der Waals surface area contributed by atoms with Crippen LogP contribution >= 0.6 is 11.6 Å². The van der Waals surface area contributed by atoms with Crippen LogP contribution in [-0.4, -0.2) is 109 Å². The van der Waals surface area contributed by atoms with E-state index >= 15 is 0 Å². The number of aromatic nitrogens is 2. The Hall–Kier alpha value is -3.37. The number of hydrogen-bond acceptors (Lipinski definition) is 11. The van der Waals surface area contributed by atoms with Gasteiger partial charge in [0.15, 0.2) is 5.82 Å². The number of halogens is 1. The van der Waals surface area contributed by atoms with Gasteiger partial charge < -0.3 is 19.9 Å². The first-order valence-electron chi connectivity index (χ1n) is 15.0. The number of aryl methyl sites for hydroxylation is 1. The molecule has 0 radical (unpaired) electrons. The average Bonchev–Trinajstić information content (AvgIpc) is 2.99. The third-order valence-electron chi connectivity index (χ3n) is 8.29. The maximum atomic E-state index is 13.1. The van der Waals surface area contributed by atoms with Crippen LogP contribution in [0, 0.1) is 6.92 Å². The van der Waals surface area contributed by atoms with Gasteiger partial charge in [-0.25, -0.2) is 26.1 Å². The van der Waals surface area contributed by atoms with Gasteiger partial charge in [0.25, 0.3) is 0 Å². The molecule has 2 saturated heterocycles. The van der Waals surface area contributed by atoms with E-state index in [-0.39, 0.29) is 28.2 Å². The van der Waals surface area contributed by atoms with Crippen molar-refractivity contribution in [2.75, 3.05) is 85.2 Å². The Morgan fingerprint density at radius 3 is 2.28 bits per heavy atom. The van der Waals surface area contributed by atoms with E-state index < -0.39 is 20.0 Å². The van der Waals surface area contributed by atoms with Crippen LogP contribution in [0.4, 0.5) is 34.5 Å². The summed E-state index contributed by atoms with van der Waals surface area (Å²) in [6.45, 7) is 8.41. The number of nitrogens with one attached hydrogen (secondary N) is 2. The van der Waals surface area contributed by atoms with Gasteiger partial charge in [0.05, 0.1) is 42.9 Å². The third-order valence-corrected chi connectivity index (χ3v) is 10.2. The zero-order valence-corrected chi connectivity index (χ0v) is 29.1. The fourth-order valence-corrected chi connectivity index (χ4v) is 7.78. The van der Waals surface area contributed by atoms with Crippen LogP contribution in [0.25, 0.3) is 0 Å². The summed E-state index contributed by atoms with van der Waals surface area (Å²) >= 11 is 6.46. The van der Waals surface area contributed by atoms with Crippen LogP contribution in [0.5, 0.6) is 5.75 Å². The Morgan fingerprint density at radius 2 is 1.65 bits per heavy atom. The van der Waals surface area contributed by atoms with Crippen LogP contribution in [0.1, 0.15) is 18.4 Å². The Morgan fingerprint density at radius 1 is 0.978 bits per heavy atom. The van der Waals surface area contributed by atoms with Gasteiger partial charge in [-0.15, -0.1) is 0 Å². The molecule has 2 aromatic carbocycles. The number of likely N-dealkylation sites (N-methyl/N-ethyl adjacent to an activating group) is 1. The highest BCUT2D eigenvalue weighted by molar-refractivity contribution is 7.92. The number of methoxy groups -OCH3 is 1. The van der Waals surface area contributed by atoms with Crippen molar-refractivity contribution >= 4 is 66.2 Å². The van der Waals surface area contributed by atoms with Gasteiger partial charge in [-0.3, -0.25) is 9.62 Å². The number of piperidine rings is 1. The second kappa shape index (κ2) is 13.8. The van der Waals surface area contributed by atoms with Crippen molar-refractivity contribution in [3.8, 4) is 5.75 Å². The molecule has 0 atom stereocenters. The molecule has 0 saturated carbocycles. The summed E-state index contributed by atoms with van der Waals surface area (Å²) in [7, 11) is -4.01. The highest BCUT2D eigenvalue weighted by atomic mass is 35.5. The molecule has 16 heteroatoms. The van der Waals surface area contributed by atoms with E-state index in [2.05, 4.69) is 41.8 Å². The second-order valence-corrected chi connectivity index (χ2v) is 15.8. The lowest BCUT2D eigenvalue weighted by Crippen LogP contribution is -2.52. The number of para-hydroxylation sites is 2. The van der Waals surface area contributed by atoms with Gasteiger partial charge in [-0.2, -0.15) is 4.98 Å². The van der Waals surface area contributed by atoms with E-state index in [4.69, 9.17) is 16.3 Å². The van der Waals surface area contributed by atoms with Gasteiger partial charge in [0.1, 0.15) is 10.8 Å². The highest BCUT2D eigenvalue weighted by Gasteiger charge is 2.29. The molecule has 2 N–H and O–H groups in total. The molecule has 0 spiro atoms. The van der Waals surface area contributed by atoms with Crippen LogP contribution < -0.4 is 24.0 Å². The molecule has 2 aliphatic heterocycles. The molecule has 5 rings (SSSR count). The molecule has 3 aromatic rings. The van der Waals surface area contributed by atoms with E-state index in [0.29, 0.717) is 17.5 Å². The first kappa shape index (κ1) is 34.0. The molecule has 0 unspecified atom stereocenters. The smallest absolute Gasteiger partial charge is 0.237 e. The molecule has 13 nitrogen and oxygen atoms in total. The number of benzene rings is 2. The fraction of sp³-hybridized carbons (Fsp3) is 0.467. The van der Waals surface area contributed by atoms with E-state index in [1.165, 1.54) is 18.3 Å². The van der Waals surface area contributed by atoms with Crippen LogP contribution in [0.15, 0.2) is 42.6 Å². The average molecular weight is 693 g/mol. The van der Waals surface area contributed by atoms with E-state index in [1.807, 2.05) is 19.1 Å². The maximum absolute atomic E-state index is 13.1. The molecule has 3 heterocycles. The molecule has 250 valence electrons. The number of sulfonamides is 2. The predicted octanol–water partition coefficient (Wildman–Crippen LogP) is 3.88. The van der Waals surface area contributed by atoms with Crippen molar-refractivity contribution < 1.29 is 21.6 Å². The molecule has 2 aliphatic rings. The summed E-state index contributed by atoms with van der Waals surface area (Å²) < 4.78 is 59.3. The molecule has 0 bridgehead atoms. The van der Waals surface area contributed by atoms with Gasteiger partial charge >= 0.3 is 0 Å². The number of ether oxygens (including phenoxy) is 1. The Bertz CT molecular complexity index is 1780. The number of anilines is 6. The monoisotopic (exact) mass is 692 g/mol.